The van der Waals surface area contributed by atoms with Gasteiger partial charge in [0.15, 0.2) is 0 Å². The highest BCUT2D eigenvalue weighted by Crippen LogP contribution is 2.34. The molecule has 1 aromatic rings. The summed E-state index contributed by atoms with van der Waals surface area (Å²) >= 11 is 1.76. The fraction of sp³-hybridized carbons (Fsp3) is 0.769. The van der Waals surface area contributed by atoms with Crippen molar-refractivity contribution in [2.45, 2.75) is 51.6 Å². The van der Waals surface area contributed by atoms with Gasteiger partial charge in [0.1, 0.15) is 5.01 Å². The Labute approximate surface area is 108 Å². The third-order valence-electron chi connectivity index (χ3n) is 3.11. The van der Waals surface area contributed by atoms with E-state index in [1.807, 2.05) is 0 Å². The Hall–Kier alpha value is -0.450. The third kappa shape index (κ3) is 2.69. The molecule has 1 aromatic heterocycles. The van der Waals surface area contributed by atoms with Crippen LogP contribution < -0.4 is 5.32 Å². The summed E-state index contributed by atoms with van der Waals surface area (Å²) in [6.45, 7) is 10.3. The average molecular weight is 254 g/mol. The van der Waals surface area contributed by atoms with Crippen molar-refractivity contribution >= 4 is 11.3 Å². The number of thiazole rings is 1. The van der Waals surface area contributed by atoms with Crippen molar-refractivity contribution in [2.24, 2.45) is 0 Å². The molecule has 2 rings (SSSR count). The molecular formula is C13H22N2OS. The minimum Gasteiger partial charge on any atom is -0.379 e. The van der Waals surface area contributed by atoms with Gasteiger partial charge in [-0.2, -0.15) is 0 Å². The number of nitrogens with zero attached hydrogens (tertiary/aromatic N) is 1. The predicted molar refractivity (Wildman–Crippen MR) is 71.6 cm³/mol. The molecule has 0 saturated carbocycles. The summed E-state index contributed by atoms with van der Waals surface area (Å²) in [6, 6.07) is 0.447. The predicted octanol–water partition coefficient (Wildman–Crippen LogP) is 2.88. The molecular weight excluding hydrogens is 232 g/mol. The monoisotopic (exact) mass is 254 g/mol. The van der Waals surface area contributed by atoms with Gasteiger partial charge < -0.3 is 10.1 Å². The van der Waals surface area contributed by atoms with Crippen molar-refractivity contribution in [3.8, 4) is 0 Å². The highest BCUT2D eigenvalue weighted by Gasteiger charge is 2.39. The second-order valence-corrected chi connectivity index (χ2v) is 6.27. The number of hydrogen-bond acceptors (Lipinski definition) is 4. The molecule has 0 bridgehead atoms. The van der Waals surface area contributed by atoms with Crippen molar-refractivity contribution in [3.05, 3.63) is 16.1 Å². The van der Waals surface area contributed by atoms with Crippen molar-refractivity contribution in [3.63, 3.8) is 0 Å². The Balaban J connectivity index is 2.25. The number of aromatic nitrogens is 1. The Morgan fingerprint density at radius 2 is 2.18 bits per heavy atom. The summed E-state index contributed by atoms with van der Waals surface area (Å²) in [5, 5.41) is 7.02. The molecule has 1 N–H and O–H groups in total. The summed E-state index contributed by atoms with van der Waals surface area (Å²) in [6.07, 6.45) is 1.02. The first kappa shape index (κ1) is 13.0. The van der Waals surface area contributed by atoms with Crippen LogP contribution in [0.15, 0.2) is 5.38 Å². The molecule has 1 aliphatic heterocycles. The Morgan fingerprint density at radius 3 is 2.65 bits per heavy atom. The molecule has 1 unspecified atom stereocenters. The summed E-state index contributed by atoms with van der Waals surface area (Å²) in [4.78, 5) is 4.79. The fourth-order valence-corrected chi connectivity index (χ4v) is 3.39. The summed E-state index contributed by atoms with van der Waals surface area (Å²) < 4.78 is 5.59. The lowest BCUT2D eigenvalue weighted by atomic mass is 9.98. The van der Waals surface area contributed by atoms with Gasteiger partial charge in [0, 0.05) is 18.0 Å². The van der Waals surface area contributed by atoms with Crippen LogP contribution in [0.3, 0.4) is 0 Å². The van der Waals surface area contributed by atoms with Gasteiger partial charge >= 0.3 is 0 Å². The first-order valence-electron chi connectivity index (χ1n) is 6.35. The maximum Gasteiger partial charge on any atom is 0.115 e. The van der Waals surface area contributed by atoms with E-state index in [-0.39, 0.29) is 5.54 Å². The molecule has 3 nitrogen and oxygen atoms in total. The molecule has 0 aromatic carbocycles. The number of hydrogen-bond donors (Lipinski definition) is 1. The molecule has 0 amide bonds. The second-order valence-electron chi connectivity index (χ2n) is 5.42. The zero-order chi connectivity index (χ0) is 12.5. The van der Waals surface area contributed by atoms with Crippen LogP contribution in [0.2, 0.25) is 0 Å². The Kier molecular flexibility index (Phi) is 3.85. The lowest BCUT2D eigenvalue weighted by Gasteiger charge is -2.29. The van der Waals surface area contributed by atoms with Gasteiger partial charge in [-0.1, -0.05) is 13.8 Å². The summed E-state index contributed by atoms with van der Waals surface area (Å²) in [7, 11) is 0. The highest BCUT2D eigenvalue weighted by molar-refractivity contribution is 7.09. The first-order valence-corrected chi connectivity index (χ1v) is 7.23. The van der Waals surface area contributed by atoms with Gasteiger partial charge in [0.2, 0.25) is 0 Å². The fourth-order valence-electron chi connectivity index (χ4n) is 2.23. The van der Waals surface area contributed by atoms with E-state index in [4.69, 9.17) is 9.72 Å². The van der Waals surface area contributed by atoms with Crippen molar-refractivity contribution < 1.29 is 4.74 Å². The zero-order valence-electron chi connectivity index (χ0n) is 11.1. The Morgan fingerprint density at radius 1 is 1.41 bits per heavy atom. The van der Waals surface area contributed by atoms with E-state index in [2.05, 4.69) is 38.4 Å². The van der Waals surface area contributed by atoms with Gasteiger partial charge in [0.25, 0.3) is 0 Å². The van der Waals surface area contributed by atoms with Crippen LogP contribution in [0, 0.1) is 0 Å². The van der Waals surface area contributed by atoms with Crippen LogP contribution in [0.4, 0.5) is 0 Å². The highest BCUT2D eigenvalue weighted by atomic mass is 32.1. The van der Waals surface area contributed by atoms with E-state index < -0.39 is 0 Å². The minimum absolute atomic E-state index is 0.0496. The molecule has 1 fully saturated rings. The van der Waals surface area contributed by atoms with Gasteiger partial charge in [-0.3, -0.25) is 0 Å². The summed E-state index contributed by atoms with van der Waals surface area (Å²) in [5.41, 5.74) is 1.15. The van der Waals surface area contributed by atoms with Crippen molar-refractivity contribution in [2.75, 3.05) is 13.2 Å². The van der Waals surface area contributed by atoms with Crippen molar-refractivity contribution in [1.29, 1.82) is 0 Å². The van der Waals surface area contributed by atoms with Crippen LogP contribution in [0.25, 0.3) is 0 Å². The Bertz CT molecular complexity index is 367. The van der Waals surface area contributed by atoms with Crippen LogP contribution in [0.1, 0.15) is 50.7 Å². The van der Waals surface area contributed by atoms with Gasteiger partial charge in [-0.05, 0) is 26.2 Å². The topological polar surface area (TPSA) is 34.2 Å². The van der Waals surface area contributed by atoms with E-state index in [9.17, 15) is 0 Å². The molecule has 0 radical (unpaired) electrons. The summed E-state index contributed by atoms with van der Waals surface area (Å²) in [5.74, 6) is 0.499. The molecule has 1 saturated heterocycles. The van der Waals surface area contributed by atoms with Crippen LogP contribution in [0.5, 0.6) is 0 Å². The number of nitrogens with one attached hydrogen (secondary N) is 1. The smallest absolute Gasteiger partial charge is 0.115 e. The van der Waals surface area contributed by atoms with E-state index in [1.54, 1.807) is 11.3 Å². The molecule has 4 heteroatoms. The molecule has 2 heterocycles. The van der Waals surface area contributed by atoms with Crippen molar-refractivity contribution in [1.82, 2.24) is 10.3 Å². The van der Waals surface area contributed by atoms with E-state index in [0.29, 0.717) is 12.0 Å². The van der Waals surface area contributed by atoms with E-state index in [1.165, 1.54) is 10.7 Å². The third-order valence-corrected chi connectivity index (χ3v) is 4.17. The van der Waals surface area contributed by atoms with Crippen LogP contribution in [-0.2, 0) is 10.3 Å². The largest absolute Gasteiger partial charge is 0.379 e. The van der Waals surface area contributed by atoms with Gasteiger partial charge in [-0.25, -0.2) is 4.98 Å². The lowest BCUT2D eigenvalue weighted by molar-refractivity contribution is 0.162. The zero-order valence-corrected chi connectivity index (χ0v) is 11.9. The van der Waals surface area contributed by atoms with Crippen LogP contribution in [-0.4, -0.2) is 24.2 Å². The standard InChI is InChI=1S/C13H22N2OS/c1-9(2)11-7-17-12(14-11)13(15-10(3)4)5-6-16-8-13/h7,9-10,15H,5-6,8H2,1-4H3. The van der Waals surface area contributed by atoms with Gasteiger partial charge in [0.05, 0.1) is 17.8 Å². The molecule has 96 valence electrons. The first-order chi connectivity index (χ1) is 8.03. The molecule has 17 heavy (non-hydrogen) atoms. The van der Waals surface area contributed by atoms with Crippen LogP contribution >= 0.6 is 11.3 Å². The number of ether oxygens (including phenoxy) is 1. The SMILES string of the molecule is CC(C)NC1(c2nc(C(C)C)cs2)CCOC1. The molecule has 1 atom stereocenters. The van der Waals surface area contributed by atoms with E-state index >= 15 is 0 Å². The molecule has 0 aliphatic carbocycles. The quantitative estimate of drug-likeness (QED) is 0.897. The average Bonchev–Trinajstić information content (AvgIpc) is 2.83. The normalized spacial score (nSPS) is 25.1. The maximum absolute atomic E-state index is 5.59. The number of rotatable bonds is 4. The minimum atomic E-state index is -0.0496. The second kappa shape index (κ2) is 5.04. The molecule has 0 spiro atoms. The maximum atomic E-state index is 5.59. The lowest BCUT2D eigenvalue weighted by Crippen LogP contribution is -2.46. The molecule has 1 aliphatic rings. The van der Waals surface area contributed by atoms with Gasteiger partial charge in [-0.15, -0.1) is 11.3 Å². The van der Waals surface area contributed by atoms with E-state index in [0.717, 1.165) is 19.6 Å².